The van der Waals surface area contributed by atoms with Gasteiger partial charge in [0.2, 0.25) is 0 Å². The molecule has 8 heteroatoms. The maximum atomic E-state index is 14.3. The highest BCUT2D eigenvalue weighted by Gasteiger charge is 2.53. The van der Waals surface area contributed by atoms with Gasteiger partial charge >= 0.3 is 0 Å². The Balaban J connectivity index is 1.59. The molecule has 136 valence electrons. The molecule has 0 saturated carbocycles. The number of rotatable bonds is 2. The first-order valence-electron chi connectivity index (χ1n) is 8.12. The Hall–Kier alpha value is -2.09. The van der Waals surface area contributed by atoms with Crippen molar-refractivity contribution in [3.63, 3.8) is 0 Å². The third-order valence-electron chi connectivity index (χ3n) is 4.86. The van der Waals surface area contributed by atoms with Gasteiger partial charge in [0, 0.05) is 24.7 Å². The van der Waals surface area contributed by atoms with Crippen molar-refractivity contribution < 1.29 is 23.0 Å². The number of carbonyl (C=O) groups excluding carboxylic acids is 1. The van der Waals surface area contributed by atoms with E-state index in [-0.39, 0.29) is 35.5 Å². The summed E-state index contributed by atoms with van der Waals surface area (Å²) in [4.78, 5) is 18.4. The van der Waals surface area contributed by atoms with Crippen molar-refractivity contribution >= 4 is 17.5 Å². The van der Waals surface area contributed by atoms with Gasteiger partial charge in [-0.1, -0.05) is 11.6 Å². The fourth-order valence-corrected chi connectivity index (χ4v) is 3.69. The van der Waals surface area contributed by atoms with Crippen molar-refractivity contribution in [3.8, 4) is 0 Å². The fourth-order valence-electron chi connectivity index (χ4n) is 3.51. The monoisotopic (exact) mass is 380 g/mol. The molecule has 2 atom stereocenters. The minimum atomic E-state index is -1.01. The lowest BCUT2D eigenvalue weighted by molar-refractivity contribution is -0.0494. The van der Waals surface area contributed by atoms with E-state index in [1.165, 1.54) is 30.5 Å². The molecule has 2 unspecified atom stereocenters. The number of halogens is 3. The number of piperidine rings is 1. The summed E-state index contributed by atoms with van der Waals surface area (Å²) in [5, 5.41) is -0.113. The van der Waals surface area contributed by atoms with Crippen molar-refractivity contribution in [1.29, 1.82) is 0 Å². The zero-order valence-corrected chi connectivity index (χ0v) is 14.4. The number of nitrogens with zero attached hydrogens (tertiary/aromatic N) is 2. The zero-order valence-electron chi connectivity index (χ0n) is 13.6. The first kappa shape index (κ1) is 17.3. The fraction of sp³-hybridized carbons (Fsp3) is 0.333. The number of aromatic nitrogens is 1. The molecular weight excluding hydrogens is 366 g/mol. The molecule has 0 aliphatic carbocycles. The normalized spacial score (nSPS) is 25.2. The summed E-state index contributed by atoms with van der Waals surface area (Å²) in [7, 11) is 0. The van der Waals surface area contributed by atoms with Crippen LogP contribution in [0.4, 0.5) is 8.78 Å². The van der Waals surface area contributed by atoms with E-state index in [2.05, 4.69) is 4.98 Å². The molecule has 4 rings (SSSR count). The molecule has 0 N–H and O–H groups in total. The van der Waals surface area contributed by atoms with Crippen LogP contribution in [0.15, 0.2) is 36.5 Å². The minimum Gasteiger partial charge on any atom is -0.347 e. The molecular formula is C18H15ClF2N2O3. The second-order valence-corrected chi connectivity index (χ2v) is 6.68. The highest BCUT2D eigenvalue weighted by Crippen LogP contribution is 2.42. The Morgan fingerprint density at radius 1 is 1.31 bits per heavy atom. The maximum absolute atomic E-state index is 14.3. The predicted octanol–water partition coefficient (Wildman–Crippen LogP) is 3.13. The van der Waals surface area contributed by atoms with E-state index in [1.807, 2.05) is 0 Å². The Kier molecular flexibility index (Phi) is 4.38. The molecule has 0 spiro atoms. The third-order valence-corrected chi connectivity index (χ3v) is 5.15. The maximum Gasteiger partial charge on any atom is 0.254 e. The Bertz CT molecular complexity index is 866. The second-order valence-electron chi connectivity index (χ2n) is 6.27. The lowest BCUT2D eigenvalue weighted by Gasteiger charge is -2.41. The van der Waals surface area contributed by atoms with Crippen molar-refractivity contribution in [2.75, 3.05) is 19.9 Å². The molecule has 1 amide bonds. The van der Waals surface area contributed by atoms with Gasteiger partial charge in [-0.2, -0.15) is 0 Å². The molecule has 1 aromatic carbocycles. The van der Waals surface area contributed by atoms with E-state index >= 15 is 0 Å². The lowest BCUT2D eigenvalue weighted by Crippen LogP contribution is -2.54. The van der Waals surface area contributed by atoms with Gasteiger partial charge in [-0.25, -0.2) is 8.78 Å². The van der Waals surface area contributed by atoms with Gasteiger partial charge < -0.3 is 14.4 Å². The third kappa shape index (κ3) is 2.76. The van der Waals surface area contributed by atoms with Crippen LogP contribution >= 0.6 is 11.6 Å². The summed E-state index contributed by atoms with van der Waals surface area (Å²) in [6, 6.07) is 6.68. The summed E-state index contributed by atoms with van der Waals surface area (Å²) in [5.74, 6) is -1.34. The molecule has 0 bridgehead atoms. The molecule has 2 aliphatic rings. The summed E-state index contributed by atoms with van der Waals surface area (Å²) in [6.45, 7) is 0.540. The van der Waals surface area contributed by atoms with Crippen LogP contribution in [0.25, 0.3) is 0 Å². The van der Waals surface area contributed by atoms with Crippen LogP contribution in [0.1, 0.15) is 22.5 Å². The zero-order chi connectivity index (χ0) is 18.3. The number of fused-ring (bicyclic) bond motifs is 1. The van der Waals surface area contributed by atoms with Crippen LogP contribution in [0.2, 0.25) is 5.02 Å². The molecule has 2 fully saturated rings. The Morgan fingerprint density at radius 2 is 2.15 bits per heavy atom. The summed E-state index contributed by atoms with van der Waals surface area (Å²) in [6.07, 6.45) is 1.30. The van der Waals surface area contributed by atoms with E-state index in [1.54, 1.807) is 4.90 Å². The van der Waals surface area contributed by atoms with E-state index in [4.69, 9.17) is 21.1 Å². The molecule has 0 radical (unpaired) electrons. The van der Waals surface area contributed by atoms with Crippen LogP contribution < -0.4 is 0 Å². The average Bonchev–Trinajstić information content (AvgIpc) is 3.07. The number of likely N-dealkylation sites (tertiary alicyclic amines) is 1. The van der Waals surface area contributed by atoms with E-state index in [0.717, 1.165) is 6.07 Å². The number of hydrogen-bond acceptors (Lipinski definition) is 4. The van der Waals surface area contributed by atoms with Crippen molar-refractivity contribution in [2.45, 2.75) is 18.1 Å². The van der Waals surface area contributed by atoms with E-state index in [9.17, 15) is 13.6 Å². The largest absolute Gasteiger partial charge is 0.347 e. The SMILES string of the molecule is O=C(c1ccc(F)c(Cl)c1)N1CCC2(c3ncccc3F)OCOC2C1. The van der Waals surface area contributed by atoms with Crippen LogP contribution in [-0.2, 0) is 15.1 Å². The van der Waals surface area contributed by atoms with Crippen molar-refractivity contribution in [2.24, 2.45) is 0 Å². The second kappa shape index (κ2) is 6.57. The number of benzene rings is 1. The molecule has 2 aliphatic heterocycles. The van der Waals surface area contributed by atoms with Crippen LogP contribution in [0.5, 0.6) is 0 Å². The molecule has 3 heterocycles. The van der Waals surface area contributed by atoms with Gasteiger partial charge in [0.25, 0.3) is 5.91 Å². The van der Waals surface area contributed by atoms with Gasteiger partial charge in [0.05, 0.1) is 11.6 Å². The van der Waals surface area contributed by atoms with Gasteiger partial charge in [-0.05, 0) is 30.3 Å². The number of carbonyl (C=O) groups is 1. The van der Waals surface area contributed by atoms with Gasteiger partial charge in [-0.15, -0.1) is 0 Å². The van der Waals surface area contributed by atoms with Crippen LogP contribution in [0.3, 0.4) is 0 Å². The molecule has 1 aromatic heterocycles. The quantitative estimate of drug-likeness (QED) is 0.803. The first-order chi connectivity index (χ1) is 12.5. The molecule has 2 aromatic rings. The number of amides is 1. The Morgan fingerprint density at radius 3 is 2.92 bits per heavy atom. The smallest absolute Gasteiger partial charge is 0.254 e. The summed E-state index contributed by atoms with van der Waals surface area (Å²) < 4.78 is 39.0. The highest BCUT2D eigenvalue weighted by molar-refractivity contribution is 6.31. The van der Waals surface area contributed by atoms with Crippen molar-refractivity contribution in [1.82, 2.24) is 9.88 Å². The predicted molar refractivity (Wildman–Crippen MR) is 88.6 cm³/mol. The first-order valence-corrected chi connectivity index (χ1v) is 8.50. The van der Waals surface area contributed by atoms with Crippen LogP contribution in [-0.4, -0.2) is 41.8 Å². The number of pyridine rings is 1. The number of ether oxygens (including phenoxy) is 2. The van der Waals surface area contributed by atoms with E-state index in [0.29, 0.717) is 13.0 Å². The summed E-state index contributed by atoms with van der Waals surface area (Å²) in [5.41, 5.74) is -0.533. The summed E-state index contributed by atoms with van der Waals surface area (Å²) >= 11 is 5.77. The molecule has 5 nitrogen and oxygen atoms in total. The molecule has 2 saturated heterocycles. The standard InChI is InChI=1S/C18H15ClF2N2O3/c19-12-8-11(3-4-13(12)20)17(24)23-7-5-18(15(9-23)25-10-26-18)16-14(21)2-1-6-22-16/h1-4,6,8,15H,5,7,9-10H2. The average molecular weight is 381 g/mol. The number of hydrogen-bond donors (Lipinski definition) is 0. The van der Waals surface area contributed by atoms with Gasteiger partial charge in [0.15, 0.2) is 0 Å². The van der Waals surface area contributed by atoms with E-state index < -0.39 is 23.3 Å². The van der Waals surface area contributed by atoms with Crippen molar-refractivity contribution in [3.05, 3.63) is 64.4 Å². The topological polar surface area (TPSA) is 51.7 Å². The van der Waals surface area contributed by atoms with Gasteiger partial charge in [-0.3, -0.25) is 9.78 Å². The Labute approximate surface area is 153 Å². The van der Waals surface area contributed by atoms with Gasteiger partial charge in [0.1, 0.15) is 35.8 Å². The van der Waals surface area contributed by atoms with Crippen LogP contribution in [0, 0.1) is 11.6 Å². The lowest BCUT2D eigenvalue weighted by atomic mass is 9.84. The molecule has 26 heavy (non-hydrogen) atoms. The minimum absolute atomic E-state index is 0.00505. The highest BCUT2D eigenvalue weighted by atomic mass is 35.5.